The summed E-state index contributed by atoms with van der Waals surface area (Å²) in [5.74, 6) is 0.488. The lowest BCUT2D eigenvalue weighted by atomic mass is 9.75. The second-order valence-electron chi connectivity index (χ2n) is 9.96. The minimum Gasteiger partial charge on any atom is -0.452 e. The Morgan fingerprint density at radius 2 is 1.89 bits per heavy atom. The van der Waals surface area contributed by atoms with Crippen LogP contribution in [0, 0.1) is 10.1 Å². The van der Waals surface area contributed by atoms with Crippen molar-refractivity contribution in [3.8, 4) is 0 Å². The average molecular weight is 486 g/mol. The van der Waals surface area contributed by atoms with E-state index in [0.717, 1.165) is 49.6 Å². The molecule has 0 unspecified atom stereocenters. The standard InChI is InChI=1S/C27H27N5O4/c1-17-14-22(36-26(33)18-6-8-19(9-7-18)32(34)35)24-23(17)25(30-16-29-24)31-15-27(10-12-28-13-11-27)20-4-2-3-5-21(20)31/h2-9,16-17,22,28H,10-15H2,1H3/t17-,22-/m1/s1. The number of carbonyl (C=O) groups is 1. The third-order valence-corrected chi connectivity index (χ3v) is 7.87. The van der Waals surface area contributed by atoms with Crippen LogP contribution in [0.5, 0.6) is 0 Å². The molecule has 2 atom stereocenters. The average Bonchev–Trinajstić information content (AvgIpc) is 3.39. The number of nitro groups is 1. The van der Waals surface area contributed by atoms with Gasteiger partial charge in [0.05, 0.1) is 16.2 Å². The number of anilines is 2. The molecule has 3 aliphatic rings. The Bertz CT molecular complexity index is 1340. The van der Waals surface area contributed by atoms with Crippen molar-refractivity contribution in [2.75, 3.05) is 24.5 Å². The molecule has 1 saturated heterocycles. The van der Waals surface area contributed by atoms with Gasteiger partial charge in [0.25, 0.3) is 5.69 Å². The number of carbonyl (C=O) groups excluding carboxylic acids is 1. The van der Waals surface area contributed by atoms with Gasteiger partial charge in [0.15, 0.2) is 0 Å². The number of fused-ring (bicyclic) bond motifs is 3. The van der Waals surface area contributed by atoms with Crippen molar-refractivity contribution in [3.05, 3.63) is 87.4 Å². The molecule has 0 amide bonds. The van der Waals surface area contributed by atoms with Gasteiger partial charge in [0.1, 0.15) is 18.2 Å². The summed E-state index contributed by atoms with van der Waals surface area (Å²) in [6.07, 6.45) is 3.85. The topological polar surface area (TPSA) is 110 Å². The summed E-state index contributed by atoms with van der Waals surface area (Å²) in [4.78, 5) is 34.9. The third kappa shape index (κ3) is 3.62. The first kappa shape index (κ1) is 22.6. The lowest BCUT2D eigenvalue weighted by Crippen LogP contribution is -2.42. The van der Waals surface area contributed by atoms with Crippen LogP contribution in [0.25, 0.3) is 0 Å². The molecule has 1 fully saturated rings. The Morgan fingerprint density at radius 3 is 2.64 bits per heavy atom. The monoisotopic (exact) mass is 485 g/mol. The Morgan fingerprint density at radius 1 is 1.14 bits per heavy atom. The lowest BCUT2D eigenvalue weighted by molar-refractivity contribution is -0.384. The van der Waals surface area contributed by atoms with Crippen LogP contribution in [0.4, 0.5) is 17.2 Å². The maximum Gasteiger partial charge on any atom is 0.338 e. The van der Waals surface area contributed by atoms with E-state index in [2.05, 4.69) is 46.4 Å². The fourth-order valence-electron chi connectivity index (χ4n) is 6.07. The molecule has 184 valence electrons. The number of hydrogen-bond donors (Lipinski definition) is 1. The van der Waals surface area contributed by atoms with Gasteiger partial charge in [-0.2, -0.15) is 0 Å². The summed E-state index contributed by atoms with van der Waals surface area (Å²) in [5.41, 5.74) is 4.65. The van der Waals surface area contributed by atoms with Gasteiger partial charge in [-0.3, -0.25) is 10.1 Å². The van der Waals surface area contributed by atoms with E-state index >= 15 is 0 Å². The van der Waals surface area contributed by atoms with Crippen molar-refractivity contribution in [1.82, 2.24) is 15.3 Å². The summed E-state index contributed by atoms with van der Waals surface area (Å²) in [6, 6.07) is 14.1. The van der Waals surface area contributed by atoms with Crippen molar-refractivity contribution >= 4 is 23.2 Å². The van der Waals surface area contributed by atoms with Crippen molar-refractivity contribution < 1.29 is 14.5 Å². The van der Waals surface area contributed by atoms with E-state index in [-0.39, 0.29) is 22.6 Å². The van der Waals surface area contributed by atoms with Crippen LogP contribution in [-0.2, 0) is 10.2 Å². The van der Waals surface area contributed by atoms with Gasteiger partial charge in [-0.25, -0.2) is 14.8 Å². The molecule has 0 radical (unpaired) electrons. The minimum absolute atomic E-state index is 0.0684. The predicted molar refractivity (Wildman–Crippen MR) is 134 cm³/mol. The normalized spacial score (nSPS) is 21.8. The van der Waals surface area contributed by atoms with Gasteiger partial charge in [0, 0.05) is 35.3 Å². The molecule has 1 aliphatic carbocycles. The number of benzene rings is 2. The molecule has 1 aromatic heterocycles. The first-order valence-electron chi connectivity index (χ1n) is 12.3. The van der Waals surface area contributed by atoms with E-state index < -0.39 is 17.0 Å². The number of nitrogens with one attached hydrogen (secondary N) is 1. The first-order valence-corrected chi connectivity index (χ1v) is 12.3. The quantitative estimate of drug-likeness (QED) is 0.325. The van der Waals surface area contributed by atoms with Gasteiger partial charge in [-0.1, -0.05) is 25.1 Å². The number of nitro benzene ring substituents is 1. The van der Waals surface area contributed by atoms with Crippen molar-refractivity contribution in [2.45, 2.75) is 43.6 Å². The fourth-order valence-corrected chi connectivity index (χ4v) is 6.07. The van der Waals surface area contributed by atoms with Gasteiger partial charge in [0.2, 0.25) is 0 Å². The molecule has 3 heterocycles. The molecule has 9 heteroatoms. The smallest absolute Gasteiger partial charge is 0.338 e. The van der Waals surface area contributed by atoms with Crippen LogP contribution in [0.2, 0.25) is 0 Å². The van der Waals surface area contributed by atoms with Crippen LogP contribution in [0.3, 0.4) is 0 Å². The molecule has 36 heavy (non-hydrogen) atoms. The number of para-hydroxylation sites is 1. The number of non-ortho nitro benzene ring substituents is 1. The molecule has 0 saturated carbocycles. The van der Waals surface area contributed by atoms with Crippen LogP contribution in [0.1, 0.15) is 65.4 Å². The fraction of sp³-hybridized carbons (Fsp3) is 0.370. The van der Waals surface area contributed by atoms with Crippen LogP contribution in [-0.4, -0.2) is 40.5 Å². The Hall–Kier alpha value is -3.85. The van der Waals surface area contributed by atoms with Crippen molar-refractivity contribution in [1.29, 1.82) is 0 Å². The second-order valence-corrected chi connectivity index (χ2v) is 9.96. The highest BCUT2D eigenvalue weighted by Crippen LogP contribution is 2.52. The Balaban J connectivity index is 1.31. The highest BCUT2D eigenvalue weighted by Gasteiger charge is 2.46. The molecule has 0 bridgehead atoms. The van der Waals surface area contributed by atoms with Gasteiger partial charge in [-0.15, -0.1) is 0 Å². The summed E-state index contributed by atoms with van der Waals surface area (Å²) in [6.45, 7) is 4.99. The second kappa shape index (κ2) is 8.67. The van der Waals surface area contributed by atoms with Crippen molar-refractivity contribution in [2.24, 2.45) is 0 Å². The lowest BCUT2D eigenvalue weighted by Gasteiger charge is -2.35. The molecule has 3 aromatic rings. The summed E-state index contributed by atoms with van der Waals surface area (Å²) >= 11 is 0. The van der Waals surface area contributed by atoms with Crippen LogP contribution < -0.4 is 10.2 Å². The number of esters is 1. The predicted octanol–water partition coefficient (Wildman–Crippen LogP) is 4.56. The molecular weight excluding hydrogens is 458 g/mol. The van der Waals surface area contributed by atoms with E-state index in [4.69, 9.17) is 9.72 Å². The number of piperidine rings is 1. The van der Waals surface area contributed by atoms with E-state index in [0.29, 0.717) is 6.42 Å². The van der Waals surface area contributed by atoms with E-state index in [1.807, 2.05) is 0 Å². The summed E-state index contributed by atoms with van der Waals surface area (Å²) in [5, 5.41) is 14.4. The Kier molecular flexibility index (Phi) is 5.44. The zero-order valence-corrected chi connectivity index (χ0v) is 20.0. The number of rotatable bonds is 4. The number of aromatic nitrogens is 2. The molecular formula is C27H27N5O4. The third-order valence-electron chi connectivity index (χ3n) is 7.87. The Labute approximate surface area is 208 Å². The van der Waals surface area contributed by atoms with E-state index in [1.165, 1.54) is 35.5 Å². The largest absolute Gasteiger partial charge is 0.452 e. The zero-order chi connectivity index (χ0) is 24.9. The number of hydrogen-bond acceptors (Lipinski definition) is 8. The molecule has 2 aromatic carbocycles. The molecule has 2 aliphatic heterocycles. The maximum absolute atomic E-state index is 12.9. The highest BCUT2D eigenvalue weighted by atomic mass is 16.6. The summed E-state index contributed by atoms with van der Waals surface area (Å²) < 4.78 is 5.87. The molecule has 1 N–H and O–H groups in total. The zero-order valence-electron chi connectivity index (χ0n) is 20.0. The number of nitrogens with zero attached hydrogens (tertiary/aromatic N) is 4. The van der Waals surface area contributed by atoms with E-state index in [9.17, 15) is 14.9 Å². The highest BCUT2D eigenvalue weighted by molar-refractivity contribution is 5.90. The number of ether oxygens (including phenoxy) is 1. The van der Waals surface area contributed by atoms with Crippen LogP contribution >= 0.6 is 0 Å². The minimum atomic E-state index is -0.518. The molecule has 6 rings (SSSR count). The molecule has 1 spiro atoms. The van der Waals surface area contributed by atoms with Gasteiger partial charge in [-0.05, 0) is 62.0 Å². The maximum atomic E-state index is 12.9. The van der Waals surface area contributed by atoms with Gasteiger partial charge >= 0.3 is 5.97 Å². The summed E-state index contributed by atoms with van der Waals surface area (Å²) in [7, 11) is 0. The van der Waals surface area contributed by atoms with Crippen molar-refractivity contribution in [3.63, 3.8) is 0 Å². The first-order chi connectivity index (χ1) is 17.5. The van der Waals surface area contributed by atoms with Gasteiger partial charge < -0.3 is 15.0 Å². The SMILES string of the molecule is C[C@@H]1C[C@@H](OC(=O)c2ccc([N+](=O)[O-])cc2)c2ncnc(N3CC4(CCNCC4)c4ccccc43)c21. The molecule has 9 nitrogen and oxygen atoms in total. The van der Waals surface area contributed by atoms with Crippen LogP contribution in [0.15, 0.2) is 54.9 Å². The van der Waals surface area contributed by atoms with E-state index in [1.54, 1.807) is 6.33 Å².